The van der Waals surface area contributed by atoms with E-state index in [4.69, 9.17) is 21.3 Å². The summed E-state index contributed by atoms with van der Waals surface area (Å²) < 4.78 is 33.6. The Hall–Kier alpha value is -4.35. The van der Waals surface area contributed by atoms with E-state index in [1.807, 2.05) is 13.8 Å². The van der Waals surface area contributed by atoms with Crippen molar-refractivity contribution in [2.75, 3.05) is 31.6 Å². The summed E-state index contributed by atoms with van der Waals surface area (Å²) in [5.41, 5.74) is 1.33. The van der Waals surface area contributed by atoms with Crippen molar-refractivity contribution in [3.8, 4) is 0 Å². The number of amides is 3. The maximum absolute atomic E-state index is 14.7. The molecule has 2 heterocycles. The molecule has 3 amide bonds. The van der Waals surface area contributed by atoms with E-state index in [1.165, 1.54) is 24.3 Å². The van der Waals surface area contributed by atoms with Crippen LogP contribution in [0.4, 0.5) is 14.5 Å². The van der Waals surface area contributed by atoms with Crippen molar-refractivity contribution in [1.82, 2.24) is 15.5 Å². The number of carbonyl (C=O) groups excluding carboxylic acids is 3. The Morgan fingerprint density at radius 2 is 1.91 bits per heavy atom. The molecule has 2 aromatic rings. The lowest BCUT2D eigenvalue weighted by molar-refractivity contribution is -0.120. The van der Waals surface area contributed by atoms with Gasteiger partial charge in [0.15, 0.2) is 0 Å². The van der Waals surface area contributed by atoms with Gasteiger partial charge in [-0.25, -0.2) is 13.8 Å². The summed E-state index contributed by atoms with van der Waals surface area (Å²) in [6.45, 7) is 8.17. The summed E-state index contributed by atoms with van der Waals surface area (Å²) in [7, 11) is 0. The van der Waals surface area contributed by atoms with Crippen LogP contribution in [0.5, 0.6) is 0 Å². The van der Waals surface area contributed by atoms with Crippen LogP contribution in [-0.4, -0.2) is 54.8 Å². The molecule has 1 saturated heterocycles. The number of nitrogens with one attached hydrogen (secondary N) is 3. The fraction of sp³-hybridized carbons (Fsp3) is 0.290. The first-order valence-electron chi connectivity index (χ1n) is 13.7. The highest BCUT2D eigenvalue weighted by Crippen LogP contribution is 2.27. The zero-order valence-electron chi connectivity index (χ0n) is 24.0. The largest absolute Gasteiger partial charge is 0.378 e. The molecule has 0 spiro atoms. The van der Waals surface area contributed by atoms with Crippen LogP contribution in [-0.2, 0) is 20.9 Å². The van der Waals surface area contributed by atoms with Gasteiger partial charge in [0.2, 0.25) is 0 Å². The fourth-order valence-corrected chi connectivity index (χ4v) is 4.62. The number of allylic oxidation sites excluding steroid dienone is 2. The second kappa shape index (κ2) is 14.2. The molecule has 9 nitrogen and oxygen atoms in total. The Kier molecular flexibility index (Phi) is 10.4. The van der Waals surface area contributed by atoms with Crippen molar-refractivity contribution in [1.29, 1.82) is 0 Å². The summed E-state index contributed by atoms with van der Waals surface area (Å²) in [4.78, 5) is 45.9. The van der Waals surface area contributed by atoms with E-state index in [2.05, 4.69) is 20.9 Å². The third-order valence-corrected chi connectivity index (χ3v) is 7.25. The lowest BCUT2D eigenvalue weighted by Crippen LogP contribution is -2.41. The van der Waals surface area contributed by atoms with Crippen LogP contribution in [0.2, 0.25) is 5.02 Å². The third kappa shape index (κ3) is 7.74. The maximum atomic E-state index is 14.7. The van der Waals surface area contributed by atoms with Gasteiger partial charge in [0.05, 0.1) is 29.5 Å². The molecule has 2 aliphatic heterocycles. The number of hydrogen-bond donors (Lipinski definition) is 3. The average Bonchev–Trinajstić information content (AvgIpc) is 3.00. The summed E-state index contributed by atoms with van der Waals surface area (Å²) >= 11 is 6.17. The molecule has 0 aliphatic carbocycles. The molecule has 1 fully saturated rings. The van der Waals surface area contributed by atoms with Gasteiger partial charge in [0.25, 0.3) is 17.7 Å². The molecule has 2 aliphatic rings. The molecule has 4 rings (SSSR count). The molecule has 0 atom stereocenters. The molecule has 0 saturated carbocycles. The van der Waals surface area contributed by atoms with Gasteiger partial charge < -0.3 is 25.6 Å². The zero-order valence-corrected chi connectivity index (χ0v) is 24.8. The minimum Gasteiger partial charge on any atom is -0.378 e. The number of halogens is 3. The first kappa shape index (κ1) is 31.6. The Labute approximate surface area is 253 Å². The number of morpholine rings is 1. The zero-order chi connectivity index (χ0) is 31.1. The maximum Gasteiger partial charge on any atom is 0.262 e. The number of anilines is 1. The topological polar surface area (TPSA) is 112 Å². The molecule has 226 valence electrons. The minimum absolute atomic E-state index is 0.0519. The summed E-state index contributed by atoms with van der Waals surface area (Å²) in [6, 6.07) is 7.57. The minimum atomic E-state index is -0.919. The Morgan fingerprint density at radius 3 is 2.58 bits per heavy atom. The van der Waals surface area contributed by atoms with Crippen LogP contribution in [0.1, 0.15) is 43.1 Å². The molecular formula is C31H32ClF2N5O4. The van der Waals surface area contributed by atoms with E-state index in [9.17, 15) is 23.2 Å². The quantitative estimate of drug-likeness (QED) is 0.369. The van der Waals surface area contributed by atoms with Crippen LogP contribution < -0.4 is 16.0 Å². The van der Waals surface area contributed by atoms with E-state index >= 15 is 0 Å². The first-order chi connectivity index (χ1) is 20.6. The van der Waals surface area contributed by atoms with Crippen LogP contribution in [0, 0.1) is 11.6 Å². The standard InChI is InChI=1S/C31H32ClF2N5O4/c1-4-18(3)28(39-9-11-43-12-10-39)37-27-20(5-2)14-23(31(42)38-27)30(41)36-26-15-22(25(34)16-24(26)32)29(40)35-17-19-7-6-8-21(33)13-19/h5-8,13-16H,4,9-12,17H2,1-3H3,(H,35,40)(H,36,41)(H,37,38,42)/b20-5-,28-18-. The van der Waals surface area contributed by atoms with Crippen LogP contribution in [0.15, 0.2) is 76.1 Å². The van der Waals surface area contributed by atoms with E-state index in [0.717, 1.165) is 29.9 Å². The highest BCUT2D eigenvalue weighted by atomic mass is 35.5. The molecule has 3 N–H and O–H groups in total. The lowest BCUT2D eigenvalue weighted by atomic mass is 10.0. The Balaban J connectivity index is 1.54. The van der Waals surface area contributed by atoms with Crippen molar-refractivity contribution in [2.45, 2.75) is 33.7 Å². The molecule has 43 heavy (non-hydrogen) atoms. The highest BCUT2D eigenvalue weighted by molar-refractivity contribution is 6.35. The Morgan fingerprint density at radius 1 is 1.16 bits per heavy atom. The molecule has 12 heteroatoms. The van der Waals surface area contributed by atoms with Crippen molar-refractivity contribution in [3.05, 3.63) is 98.9 Å². The van der Waals surface area contributed by atoms with Gasteiger partial charge in [-0.1, -0.05) is 36.7 Å². The molecule has 0 unspecified atom stereocenters. The fourth-order valence-electron chi connectivity index (χ4n) is 4.43. The molecule has 0 bridgehead atoms. The van der Waals surface area contributed by atoms with E-state index in [-0.39, 0.29) is 22.8 Å². The predicted molar refractivity (Wildman–Crippen MR) is 160 cm³/mol. The number of benzene rings is 2. The van der Waals surface area contributed by atoms with Crippen LogP contribution in [0.3, 0.4) is 0 Å². The van der Waals surface area contributed by atoms with Gasteiger partial charge >= 0.3 is 0 Å². The van der Waals surface area contributed by atoms with Gasteiger partial charge in [-0.05, 0) is 61.7 Å². The summed E-state index contributed by atoms with van der Waals surface area (Å²) in [5, 5.41) is 7.55. The van der Waals surface area contributed by atoms with Crippen molar-refractivity contribution in [2.24, 2.45) is 4.99 Å². The predicted octanol–water partition coefficient (Wildman–Crippen LogP) is 4.86. The molecule has 0 aromatic heterocycles. The smallest absolute Gasteiger partial charge is 0.262 e. The highest BCUT2D eigenvalue weighted by Gasteiger charge is 2.28. The number of rotatable bonds is 8. The van der Waals surface area contributed by atoms with Gasteiger partial charge in [0, 0.05) is 25.2 Å². The molecule has 2 aromatic carbocycles. The lowest BCUT2D eigenvalue weighted by Gasteiger charge is -2.31. The summed E-state index contributed by atoms with van der Waals surface area (Å²) in [6.07, 6.45) is 3.89. The summed E-state index contributed by atoms with van der Waals surface area (Å²) in [5.74, 6) is -2.66. The number of nitrogens with zero attached hydrogens (tertiary/aromatic N) is 2. The van der Waals surface area contributed by atoms with Gasteiger partial charge in [-0.2, -0.15) is 0 Å². The van der Waals surface area contributed by atoms with E-state index < -0.39 is 34.9 Å². The second-order valence-electron chi connectivity index (χ2n) is 9.85. The van der Waals surface area contributed by atoms with E-state index in [0.29, 0.717) is 43.3 Å². The van der Waals surface area contributed by atoms with Crippen molar-refractivity contribution in [3.63, 3.8) is 0 Å². The molecule has 0 radical (unpaired) electrons. The third-order valence-electron chi connectivity index (χ3n) is 6.94. The number of hydrogen-bond acceptors (Lipinski definition) is 6. The average molecular weight is 612 g/mol. The Bertz CT molecular complexity index is 1560. The monoisotopic (exact) mass is 611 g/mol. The second-order valence-corrected chi connectivity index (χ2v) is 10.3. The van der Waals surface area contributed by atoms with Crippen LogP contribution in [0.25, 0.3) is 0 Å². The van der Waals surface area contributed by atoms with Gasteiger partial charge in [-0.15, -0.1) is 0 Å². The first-order valence-corrected chi connectivity index (χ1v) is 14.1. The van der Waals surface area contributed by atoms with Gasteiger partial charge in [-0.3, -0.25) is 14.4 Å². The van der Waals surface area contributed by atoms with Crippen molar-refractivity contribution >= 4 is 40.8 Å². The van der Waals surface area contributed by atoms with E-state index in [1.54, 1.807) is 19.1 Å². The normalized spacial score (nSPS) is 17.8. The number of aliphatic imine (C=N–C) groups is 1. The van der Waals surface area contributed by atoms with Crippen molar-refractivity contribution < 1.29 is 27.9 Å². The SMILES string of the molecule is C/C=C1/C=C(C(=O)Nc2cc(C(=O)NCc3cccc(F)c3)c(F)cc2Cl)C(=O)N/C1=N/C(=C(\C)CC)N1CCOCC1. The number of ether oxygens (including phenoxy) is 1. The van der Waals surface area contributed by atoms with Gasteiger partial charge in [0.1, 0.15) is 28.9 Å². The number of amidine groups is 1. The van der Waals surface area contributed by atoms with Crippen LogP contribution >= 0.6 is 11.6 Å². The number of carbonyl (C=O) groups is 3. The molecular weight excluding hydrogens is 580 g/mol.